The number of hydrogen-bond donors (Lipinski definition) is 2. The van der Waals surface area contributed by atoms with E-state index >= 15 is 0 Å². The van der Waals surface area contributed by atoms with Crippen LogP contribution in [-0.2, 0) is 18.0 Å². The summed E-state index contributed by atoms with van der Waals surface area (Å²) < 4.78 is 41.1. The molecule has 1 amide bonds. The second-order valence-electron chi connectivity index (χ2n) is 7.18. The number of aromatic nitrogens is 3. The number of hydrogen-bond acceptors (Lipinski definition) is 4. The van der Waals surface area contributed by atoms with Crippen LogP contribution in [0.1, 0.15) is 55.0 Å². The first-order chi connectivity index (χ1) is 13.3. The Hall–Kier alpha value is -2.13. The molecule has 0 aliphatic carbocycles. The van der Waals surface area contributed by atoms with E-state index in [1.807, 2.05) is 0 Å². The number of benzene rings is 1. The van der Waals surface area contributed by atoms with E-state index in [1.54, 1.807) is 20.0 Å². The molecule has 0 bridgehead atoms. The summed E-state index contributed by atoms with van der Waals surface area (Å²) in [5.74, 6) is 0.270. The van der Waals surface area contributed by atoms with Gasteiger partial charge in [-0.1, -0.05) is 25.1 Å². The number of carbonyl (C=O) groups is 1. The fourth-order valence-electron chi connectivity index (χ4n) is 3.51. The number of aryl methyl sites for hydroxylation is 1. The standard InChI is InChI=1S/C19H24F3N5O.ClH/c1-12(14-5-3-4-6-15(14)19(20,21)22)11-16(28)24-18-25-17(26-27(18)2)13-7-9-23-10-8-13;/h3-6,12-13,23H,7-11H2,1-2H3,(H,24,25,26,28);1H. The van der Waals surface area contributed by atoms with E-state index in [0.29, 0.717) is 11.8 Å². The predicted octanol–water partition coefficient (Wildman–Crippen LogP) is 3.86. The van der Waals surface area contributed by atoms with E-state index < -0.39 is 23.6 Å². The number of carbonyl (C=O) groups excluding carboxylic acids is 1. The number of anilines is 1. The first-order valence-corrected chi connectivity index (χ1v) is 9.33. The van der Waals surface area contributed by atoms with Gasteiger partial charge in [-0.15, -0.1) is 12.4 Å². The fraction of sp³-hybridized carbons (Fsp3) is 0.526. The minimum atomic E-state index is -4.45. The summed E-state index contributed by atoms with van der Waals surface area (Å²) in [4.78, 5) is 16.8. The van der Waals surface area contributed by atoms with E-state index in [4.69, 9.17) is 0 Å². The van der Waals surface area contributed by atoms with Gasteiger partial charge in [-0.05, 0) is 43.5 Å². The lowest BCUT2D eigenvalue weighted by Crippen LogP contribution is -2.27. The first-order valence-electron chi connectivity index (χ1n) is 9.33. The van der Waals surface area contributed by atoms with Gasteiger partial charge in [0.15, 0.2) is 5.82 Å². The summed E-state index contributed by atoms with van der Waals surface area (Å²) in [6.07, 6.45) is -2.66. The van der Waals surface area contributed by atoms with Crippen LogP contribution in [-0.4, -0.2) is 33.8 Å². The average molecular weight is 432 g/mol. The van der Waals surface area contributed by atoms with Gasteiger partial charge < -0.3 is 5.32 Å². The molecular formula is C19H25ClF3N5O. The normalized spacial score (nSPS) is 16.2. The summed E-state index contributed by atoms with van der Waals surface area (Å²) in [7, 11) is 1.69. The molecule has 1 aromatic carbocycles. The molecule has 29 heavy (non-hydrogen) atoms. The van der Waals surface area contributed by atoms with Crippen molar-refractivity contribution in [2.75, 3.05) is 18.4 Å². The van der Waals surface area contributed by atoms with Crippen LogP contribution < -0.4 is 10.6 Å². The van der Waals surface area contributed by atoms with Crippen LogP contribution in [0.3, 0.4) is 0 Å². The lowest BCUT2D eigenvalue weighted by Gasteiger charge is -2.19. The smallest absolute Gasteiger partial charge is 0.317 e. The van der Waals surface area contributed by atoms with E-state index in [0.717, 1.165) is 32.0 Å². The van der Waals surface area contributed by atoms with Crippen LogP contribution in [0.2, 0.25) is 0 Å². The van der Waals surface area contributed by atoms with Crippen LogP contribution in [0, 0.1) is 0 Å². The number of nitrogens with zero attached hydrogens (tertiary/aromatic N) is 3. The van der Waals surface area contributed by atoms with Crippen molar-refractivity contribution in [3.8, 4) is 0 Å². The molecule has 0 spiro atoms. The quantitative estimate of drug-likeness (QED) is 0.754. The molecule has 10 heteroatoms. The third-order valence-electron chi connectivity index (χ3n) is 5.02. The van der Waals surface area contributed by atoms with Crippen LogP contribution in [0.4, 0.5) is 19.1 Å². The van der Waals surface area contributed by atoms with Crippen molar-refractivity contribution >= 4 is 24.3 Å². The summed E-state index contributed by atoms with van der Waals surface area (Å²) in [6, 6.07) is 5.35. The van der Waals surface area contributed by atoms with E-state index in [9.17, 15) is 18.0 Å². The molecule has 1 aromatic heterocycles. The zero-order valence-corrected chi connectivity index (χ0v) is 17.1. The Morgan fingerprint density at radius 1 is 1.31 bits per heavy atom. The molecule has 2 heterocycles. The third kappa shape index (κ3) is 5.70. The monoisotopic (exact) mass is 431 g/mol. The highest BCUT2D eigenvalue weighted by Crippen LogP contribution is 2.36. The molecule has 160 valence electrons. The molecule has 0 radical (unpaired) electrons. The summed E-state index contributed by atoms with van der Waals surface area (Å²) in [5.41, 5.74) is -0.597. The zero-order chi connectivity index (χ0) is 20.3. The van der Waals surface area contributed by atoms with Gasteiger partial charge in [0, 0.05) is 19.4 Å². The fourth-order valence-corrected chi connectivity index (χ4v) is 3.51. The number of amides is 1. The molecule has 1 saturated heterocycles. The van der Waals surface area contributed by atoms with Crippen molar-refractivity contribution in [2.24, 2.45) is 7.05 Å². The molecule has 1 unspecified atom stereocenters. The van der Waals surface area contributed by atoms with Gasteiger partial charge in [0.05, 0.1) is 5.56 Å². The minimum Gasteiger partial charge on any atom is -0.317 e. The van der Waals surface area contributed by atoms with Crippen LogP contribution in [0.15, 0.2) is 24.3 Å². The summed E-state index contributed by atoms with van der Waals surface area (Å²) in [5, 5.41) is 10.3. The second-order valence-corrected chi connectivity index (χ2v) is 7.18. The average Bonchev–Trinajstić information content (AvgIpc) is 3.02. The van der Waals surface area contributed by atoms with Gasteiger partial charge >= 0.3 is 6.18 Å². The number of halogens is 4. The van der Waals surface area contributed by atoms with Crippen molar-refractivity contribution in [2.45, 2.75) is 44.2 Å². The van der Waals surface area contributed by atoms with Gasteiger partial charge in [-0.2, -0.15) is 23.3 Å². The Morgan fingerprint density at radius 2 is 1.97 bits per heavy atom. The highest BCUT2D eigenvalue weighted by Gasteiger charge is 2.34. The van der Waals surface area contributed by atoms with E-state index in [2.05, 4.69) is 20.7 Å². The molecule has 1 aliphatic heterocycles. The number of nitrogens with one attached hydrogen (secondary N) is 2. The lowest BCUT2D eigenvalue weighted by atomic mass is 9.92. The summed E-state index contributed by atoms with van der Waals surface area (Å²) in [6.45, 7) is 3.42. The van der Waals surface area contributed by atoms with Crippen molar-refractivity contribution in [1.82, 2.24) is 20.1 Å². The Balaban J connectivity index is 0.00000300. The summed E-state index contributed by atoms with van der Waals surface area (Å²) >= 11 is 0. The highest BCUT2D eigenvalue weighted by molar-refractivity contribution is 5.89. The number of piperidine rings is 1. The molecule has 2 N–H and O–H groups in total. The second kappa shape index (κ2) is 9.58. The molecule has 6 nitrogen and oxygen atoms in total. The maximum absolute atomic E-state index is 13.2. The van der Waals surface area contributed by atoms with Crippen LogP contribution in [0.25, 0.3) is 0 Å². The largest absolute Gasteiger partial charge is 0.416 e. The molecule has 0 saturated carbocycles. The molecule has 1 fully saturated rings. The van der Waals surface area contributed by atoms with Crippen molar-refractivity contribution in [1.29, 1.82) is 0 Å². The Kier molecular flexibility index (Phi) is 7.65. The Bertz CT molecular complexity index is 833. The van der Waals surface area contributed by atoms with Crippen LogP contribution >= 0.6 is 12.4 Å². The maximum Gasteiger partial charge on any atom is 0.416 e. The highest BCUT2D eigenvalue weighted by atomic mass is 35.5. The molecular weight excluding hydrogens is 407 g/mol. The molecule has 3 rings (SSSR count). The van der Waals surface area contributed by atoms with Crippen molar-refractivity contribution < 1.29 is 18.0 Å². The molecule has 2 aromatic rings. The Labute approximate surface area is 173 Å². The van der Waals surface area contributed by atoms with Gasteiger partial charge in [0.25, 0.3) is 0 Å². The predicted molar refractivity (Wildman–Crippen MR) is 106 cm³/mol. The number of rotatable bonds is 5. The van der Waals surface area contributed by atoms with E-state index in [1.165, 1.54) is 16.8 Å². The minimum absolute atomic E-state index is 0. The topological polar surface area (TPSA) is 71.8 Å². The number of alkyl halides is 3. The van der Waals surface area contributed by atoms with Gasteiger partial charge in [-0.3, -0.25) is 10.1 Å². The SMILES string of the molecule is CC(CC(=O)Nc1nc(C2CCNCC2)nn1C)c1ccccc1C(F)(F)F.Cl. The maximum atomic E-state index is 13.2. The van der Waals surface area contributed by atoms with Gasteiger partial charge in [0.1, 0.15) is 0 Å². The first kappa shape index (κ1) is 23.2. The molecule has 1 aliphatic rings. The zero-order valence-electron chi connectivity index (χ0n) is 16.3. The van der Waals surface area contributed by atoms with Crippen molar-refractivity contribution in [3.05, 3.63) is 41.2 Å². The van der Waals surface area contributed by atoms with E-state index in [-0.39, 0.29) is 30.3 Å². The molecule has 1 atom stereocenters. The van der Waals surface area contributed by atoms with Crippen molar-refractivity contribution in [3.63, 3.8) is 0 Å². The Morgan fingerprint density at radius 3 is 2.62 bits per heavy atom. The third-order valence-corrected chi connectivity index (χ3v) is 5.02. The van der Waals surface area contributed by atoms with Crippen LogP contribution in [0.5, 0.6) is 0 Å². The lowest BCUT2D eigenvalue weighted by molar-refractivity contribution is -0.138. The van der Waals surface area contributed by atoms with Gasteiger partial charge in [0.2, 0.25) is 11.9 Å². The van der Waals surface area contributed by atoms with Gasteiger partial charge in [-0.25, -0.2) is 4.68 Å².